The zero-order valence-corrected chi connectivity index (χ0v) is 9.19. The molecular weight excluding hydrogens is 206 g/mol. The van der Waals surface area contributed by atoms with Crippen molar-refractivity contribution in [1.29, 1.82) is 0 Å². The van der Waals surface area contributed by atoms with Gasteiger partial charge in [-0.25, -0.2) is 4.98 Å². The van der Waals surface area contributed by atoms with Crippen LogP contribution in [0.3, 0.4) is 0 Å². The Hall–Kier alpha value is -2.11. The lowest BCUT2D eigenvalue weighted by Crippen LogP contribution is -2.21. The van der Waals surface area contributed by atoms with Gasteiger partial charge in [-0.2, -0.15) is 5.10 Å². The summed E-state index contributed by atoms with van der Waals surface area (Å²) in [7, 11) is 1.69. The zero-order valence-electron chi connectivity index (χ0n) is 9.19. The van der Waals surface area contributed by atoms with Crippen LogP contribution < -0.4 is 10.9 Å². The van der Waals surface area contributed by atoms with Crippen LogP contribution in [0, 0.1) is 6.92 Å². The van der Waals surface area contributed by atoms with Crippen LogP contribution in [0.25, 0.3) is 0 Å². The van der Waals surface area contributed by atoms with Crippen LogP contribution in [-0.2, 0) is 13.6 Å². The van der Waals surface area contributed by atoms with Crippen LogP contribution in [0.5, 0.6) is 0 Å². The molecule has 0 saturated carbocycles. The van der Waals surface area contributed by atoms with Crippen LogP contribution in [-0.4, -0.2) is 19.7 Å². The summed E-state index contributed by atoms with van der Waals surface area (Å²) in [5, 5.41) is 9.73. The second kappa shape index (κ2) is 4.18. The normalized spacial score (nSPS) is 10.4. The number of rotatable bonds is 3. The molecule has 2 N–H and O–H groups in total. The molecule has 0 atom stereocenters. The molecule has 0 aliphatic carbocycles. The third kappa shape index (κ3) is 1.95. The quantitative estimate of drug-likeness (QED) is 0.784. The van der Waals surface area contributed by atoms with Gasteiger partial charge >= 0.3 is 0 Å². The van der Waals surface area contributed by atoms with Crippen molar-refractivity contribution in [2.24, 2.45) is 7.05 Å². The average Bonchev–Trinajstić information content (AvgIpc) is 2.67. The summed E-state index contributed by atoms with van der Waals surface area (Å²) in [5.74, 6) is 0.352. The van der Waals surface area contributed by atoms with Crippen LogP contribution >= 0.6 is 0 Å². The fourth-order valence-corrected chi connectivity index (χ4v) is 1.35. The number of anilines is 1. The lowest BCUT2D eigenvalue weighted by atomic mass is 10.3. The standard InChI is InChI=1S/C10H13N5O/c1-7-8(6-13-14-7)5-12-9-10(16)15(2)4-3-11-9/h3-4,6H,5H2,1-2H3,(H,11,12)(H,13,14). The van der Waals surface area contributed by atoms with E-state index in [1.54, 1.807) is 25.6 Å². The van der Waals surface area contributed by atoms with Gasteiger partial charge in [0.25, 0.3) is 5.56 Å². The smallest absolute Gasteiger partial charge is 0.293 e. The molecule has 0 spiro atoms. The minimum atomic E-state index is -0.136. The fraction of sp³-hybridized carbons (Fsp3) is 0.300. The molecule has 6 heteroatoms. The van der Waals surface area contributed by atoms with E-state index in [1.807, 2.05) is 6.92 Å². The van der Waals surface area contributed by atoms with E-state index < -0.39 is 0 Å². The van der Waals surface area contributed by atoms with Gasteiger partial charge < -0.3 is 9.88 Å². The Balaban J connectivity index is 2.14. The maximum absolute atomic E-state index is 11.6. The summed E-state index contributed by atoms with van der Waals surface area (Å²) in [5.41, 5.74) is 1.87. The first-order chi connectivity index (χ1) is 7.68. The molecule has 0 fully saturated rings. The van der Waals surface area contributed by atoms with Crippen molar-refractivity contribution in [3.05, 3.63) is 40.2 Å². The van der Waals surface area contributed by atoms with Crippen molar-refractivity contribution in [3.8, 4) is 0 Å². The van der Waals surface area contributed by atoms with Gasteiger partial charge in [0.2, 0.25) is 0 Å². The first-order valence-electron chi connectivity index (χ1n) is 4.93. The second-order valence-electron chi connectivity index (χ2n) is 3.57. The van der Waals surface area contributed by atoms with Gasteiger partial charge in [-0.15, -0.1) is 0 Å². The number of aryl methyl sites for hydroxylation is 2. The molecule has 0 aliphatic heterocycles. The summed E-state index contributed by atoms with van der Waals surface area (Å²) in [6.07, 6.45) is 4.94. The topological polar surface area (TPSA) is 75.6 Å². The van der Waals surface area contributed by atoms with Gasteiger partial charge in [0, 0.05) is 37.2 Å². The van der Waals surface area contributed by atoms with Crippen LogP contribution in [0.1, 0.15) is 11.3 Å². The second-order valence-corrected chi connectivity index (χ2v) is 3.57. The third-order valence-electron chi connectivity index (χ3n) is 2.40. The molecule has 16 heavy (non-hydrogen) atoms. The van der Waals surface area contributed by atoms with Crippen LogP contribution in [0.2, 0.25) is 0 Å². The number of aromatic nitrogens is 4. The number of aromatic amines is 1. The summed E-state index contributed by atoms with van der Waals surface area (Å²) in [4.78, 5) is 15.6. The molecule has 0 amide bonds. The average molecular weight is 219 g/mol. The SMILES string of the molecule is Cc1[nH]ncc1CNc1nccn(C)c1=O. The highest BCUT2D eigenvalue weighted by Crippen LogP contribution is 2.04. The van der Waals surface area contributed by atoms with Crippen molar-refractivity contribution in [2.45, 2.75) is 13.5 Å². The van der Waals surface area contributed by atoms with Gasteiger partial charge in [-0.1, -0.05) is 0 Å². The Morgan fingerprint density at radius 1 is 1.56 bits per heavy atom. The van der Waals surface area contributed by atoms with Crippen LogP contribution in [0.4, 0.5) is 5.82 Å². The van der Waals surface area contributed by atoms with Crippen molar-refractivity contribution in [3.63, 3.8) is 0 Å². The highest BCUT2D eigenvalue weighted by Gasteiger charge is 2.04. The maximum atomic E-state index is 11.6. The van der Waals surface area contributed by atoms with Gasteiger partial charge in [-0.3, -0.25) is 9.89 Å². The summed E-state index contributed by atoms with van der Waals surface area (Å²) < 4.78 is 1.48. The Morgan fingerprint density at radius 3 is 3.06 bits per heavy atom. The molecule has 2 heterocycles. The highest BCUT2D eigenvalue weighted by molar-refractivity contribution is 5.32. The van der Waals surface area contributed by atoms with E-state index in [-0.39, 0.29) is 5.56 Å². The van der Waals surface area contributed by atoms with E-state index >= 15 is 0 Å². The first kappa shape index (κ1) is 10.4. The Bertz CT molecular complexity index is 542. The van der Waals surface area contributed by atoms with E-state index in [4.69, 9.17) is 0 Å². The molecule has 0 bridgehead atoms. The zero-order chi connectivity index (χ0) is 11.5. The number of nitrogens with zero attached hydrogens (tertiary/aromatic N) is 3. The van der Waals surface area contributed by atoms with Crippen molar-refractivity contribution in [1.82, 2.24) is 19.7 Å². The molecule has 84 valence electrons. The number of nitrogens with one attached hydrogen (secondary N) is 2. The molecule has 0 radical (unpaired) electrons. The number of hydrogen-bond donors (Lipinski definition) is 2. The third-order valence-corrected chi connectivity index (χ3v) is 2.40. The Kier molecular flexibility index (Phi) is 2.72. The van der Waals surface area contributed by atoms with E-state index in [9.17, 15) is 4.79 Å². The van der Waals surface area contributed by atoms with Gasteiger partial charge in [0.15, 0.2) is 5.82 Å². The lowest BCUT2D eigenvalue weighted by Gasteiger charge is -2.04. The molecule has 6 nitrogen and oxygen atoms in total. The Morgan fingerprint density at radius 2 is 2.38 bits per heavy atom. The predicted octanol–water partition coefficient (Wildman–Crippen LogP) is 0.424. The molecule has 2 rings (SSSR count). The molecule has 0 aromatic carbocycles. The molecule has 2 aromatic heterocycles. The number of hydrogen-bond acceptors (Lipinski definition) is 4. The molecular formula is C10H13N5O. The highest BCUT2D eigenvalue weighted by atomic mass is 16.1. The minimum Gasteiger partial charge on any atom is -0.361 e. The van der Waals surface area contributed by atoms with E-state index in [0.717, 1.165) is 11.3 Å². The lowest BCUT2D eigenvalue weighted by molar-refractivity contribution is 0.839. The summed E-state index contributed by atoms with van der Waals surface area (Å²) in [6, 6.07) is 0. The van der Waals surface area contributed by atoms with E-state index in [2.05, 4.69) is 20.5 Å². The van der Waals surface area contributed by atoms with Crippen molar-refractivity contribution in [2.75, 3.05) is 5.32 Å². The monoisotopic (exact) mass is 219 g/mol. The number of H-pyrrole nitrogens is 1. The van der Waals surface area contributed by atoms with E-state index in [1.165, 1.54) is 4.57 Å². The predicted molar refractivity (Wildman–Crippen MR) is 60.1 cm³/mol. The van der Waals surface area contributed by atoms with Gasteiger partial charge in [0.1, 0.15) is 0 Å². The van der Waals surface area contributed by atoms with Crippen molar-refractivity contribution >= 4 is 5.82 Å². The molecule has 0 aliphatic rings. The van der Waals surface area contributed by atoms with Gasteiger partial charge in [0.05, 0.1) is 6.20 Å². The van der Waals surface area contributed by atoms with Crippen LogP contribution in [0.15, 0.2) is 23.4 Å². The van der Waals surface area contributed by atoms with Gasteiger partial charge in [-0.05, 0) is 6.92 Å². The fourth-order valence-electron chi connectivity index (χ4n) is 1.35. The maximum Gasteiger partial charge on any atom is 0.293 e. The van der Waals surface area contributed by atoms with Crippen molar-refractivity contribution < 1.29 is 0 Å². The molecule has 0 unspecified atom stereocenters. The Labute approximate surface area is 92.3 Å². The first-order valence-corrected chi connectivity index (χ1v) is 4.93. The minimum absolute atomic E-state index is 0.136. The summed E-state index contributed by atoms with van der Waals surface area (Å²) >= 11 is 0. The molecule has 2 aromatic rings. The largest absolute Gasteiger partial charge is 0.361 e. The molecule has 0 saturated heterocycles. The summed E-state index contributed by atoms with van der Waals surface area (Å²) in [6.45, 7) is 2.47. The van der Waals surface area contributed by atoms with E-state index in [0.29, 0.717) is 12.4 Å².